The highest BCUT2D eigenvalue weighted by Gasteiger charge is 2.14. The monoisotopic (exact) mass is 289 g/mol. The van der Waals surface area contributed by atoms with E-state index in [9.17, 15) is 0 Å². The van der Waals surface area contributed by atoms with E-state index in [2.05, 4.69) is 53.6 Å². The fourth-order valence-corrected chi connectivity index (χ4v) is 3.84. The lowest BCUT2D eigenvalue weighted by molar-refractivity contribution is 0.898. The third-order valence-electron chi connectivity index (χ3n) is 3.29. The molecule has 1 atom stereocenters. The van der Waals surface area contributed by atoms with Crippen molar-refractivity contribution >= 4 is 38.7 Å². The lowest BCUT2D eigenvalue weighted by Crippen LogP contribution is -2.07. The van der Waals surface area contributed by atoms with Gasteiger partial charge in [-0.2, -0.15) is 0 Å². The summed E-state index contributed by atoms with van der Waals surface area (Å²) in [5.74, 6) is 0.938. The number of hydrogen-bond acceptors (Lipinski definition) is 5. The zero-order chi connectivity index (χ0) is 13.4. The number of nitrogens with zero attached hydrogens (tertiary/aromatic N) is 2. The molecule has 0 radical (unpaired) electrons. The van der Waals surface area contributed by atoms with Crippen molar-refractivity contribution in [1.82, 2.24) is 9.97 Å². The Hall–Kier alpha value is -1.46. The second-order valence-electron chi connectivity index (χ2n) is 4.57. The molecule has 98 valence electrons. The van der Waals surface area contributed by atoms with Crippen molar-refractivity contribution in [2.75, 3.05) is 5.32 Å². The molecule has 5 heteroatoms. The Morgan fingerprint density at radius 3 is 2.84 bits per heavy atom. The van der Waals surface area contributed by atoms with Crippen molar-refractivity contribution in [1.29, 1.82) is 0 Å². The van der Waals surface area contributed by atoms with E-state index in [0.717, 1.165) is 16.0 Å². The molecule has 3 nitrogen and oxygen atoms in total. The van der Waals surface area contributed by atoms with Crippen LogP contribution in [0.4, 0.5) is 5.82 Å². The van der Waals surface area contributed by atoms with Crippen LogP contribution in [0.5, 0.6) is 0 Å². The molecule has 3 rings (SSSR count). The minimum Gasteiger partial charge on any atom is -0.362 e. The summed E-state index contributed by atoms with van der Waals surface area (Å²) < 4.78 is 0. The molecule has 1 N–H and O–H groups in total. The molecular formula is C14H15N3S2. The first-order valence-corrected chi connectivity index (χ1v) is 7.87. The molecule has 0 aliphatic carbocycles. The summed E-state index contributed by atoms with van der Waals surface area (Å²) in [4.78, 5) is 12.5. The summed E-state index contributed by atoms with van der Waals surface area (Å²) in [6.07, 6.45) is 1.64. The van der Waals surface area contributed by atoms with Crippen LogP contribution in [0.25, 0.3) is 10.2 Å². The third-order valence-corrected chi connectivity index (χ3v) is 5.46. The molecule has 1 unspecified atom stereocenters. The Morgan fingerprint density at radius 2 is 2.11 bits per heavy atom. The van der Waals surface area contributed by atoms with E-state index >= 15 is 0 Å². The number of fused-ring (bicyclic) bond motifs is 1. The maximum absolute atomic E-state index is 4.42. The van der Waals surface area contributed by atoms with Gasteiger partial charge in [0.1, 0.15) is 17.0 Å². The summed E-state index contributed by atoms with van der Waals surface area (Å²) in [5.41, 5.74) is 1.28. The van der Waals surface area contributed by atoms with E-state index < -0.39 is 0 Å². The zero-order valence-electron chi connectivity index (χ0n) is 11.1. The largest absolute Gasteiger partial charge is 0.362 e. The molecule has 0 amide bonds. The molecule has 3 aromatic heterocycles. The third kappa shape index (κ3) is 2.24. The summed E-state index contributed by atoms with van der Waals surface area (Å²) in [6.45, 7) is 6.43. The maximum atomic E-state index is 4.42. The van der Waals surface area contributed by atoms with Crippen LogP contribution in [-0.2, 0) is 0 Å². The molecule has 0 aliphatic heterocycles. The fourth-order valence-electron chi connectivity index (χ4n) is 2.11. The van der Waals surface area contributed by atoms with Crippen LogP contribution in [-0.4, -0.2) is 9.97 Å². The summed E-state index contributed by atoms with van der Waals surface area (Å²) >= 11 is 3.49. The Morgan fingerprint density at radius 1 is 1.26 bits per heavy atom. The van der Waals surface area contributed by atoms with Crippen molar-refractivity contribution in [2.45, 2.75) is 26.8 Å². The zero-order valence-corrected chi connectivity index (χ0v) is 12.7. The van der Waals surface area contributed by atoms with Crippen LogP contribution in [0, 0.1) is 13.8 Å². The lowest BCUT2D eigenvalue weighted by Gasteiger charge is -2.13. The molecule has 3 aromatic rings. The van der Waals surface area contributed by atoms with Gasteiger partial charge in [-0.05, 0) is 37.8 Å². The average Bonchev–Trinajstić information content (AvgIpc) is 3.00. The number of rotatable bonds is 3. The highest BCUT2D eigenvalue weighted by atomic mass is 32.1. The van der Waals surface area contributed by atoms with Crippen molar-refractivity contribution in [3.8, 4) is 0 Å². The van der Waals surface area contributed by atoms with E-state index in [0.29, 0.717) is 0 Å². The Labute approximate surface area is 120 Å². The van der Waals surface area contributed by atoms with Gasteiger partial charge in [0.2, 0.25) is 0 Å². The minimum absolute atomic E-state index is 0.262. The minimum atomic E-state index is 0.262. The van der Waals surface area contributed by atoms with Crippen LogP contribution >= 0.6 is 22.7 Å². The molecule has 3 heterocycles. The highest BCUT2D eigenvalue weighted by Crippen LogP contribution is 2.34. The number of hydrogen-bond donors (Lipinski definition) is 1. The standard InChI is InChI=1S/C14H15N3S2/c1-8-10(3)19-14-12(8)13(15-7-16-14)17-9(2)11-5-4-6-18-11/h4-7,9H,1-3H3,(H,15,16,17). The number of aromatic nitrogens is 2. The second kappa shape index (κ2) is 4.90. The second-order valence-corrected chi connectivity index (χ2v) is 6.75. The van der Waals surface area contributed by atoms with E-state index in [-0.39, 0.29) is 6.04 Å². The molecule has 0 aromatic carbocycles. The van der Waals surface area contributed by atoms with Crippen LogP contribution in [0.1, 0.15) is 28.3 Å². The molecule has 0 saturated heterocycles. The molecule has 0 spiro atoms. The van der Waals surface area contributed by atoms with Gasteiger partial charge in [0.25, 0.3) is 0 Å². The number of nitrogens with one attached hydrogen (secondary N) is 1. The lowest BCUT2D eigenvalue weighted by atomic mass is 10.2. The molecule has 0 fully saturated rings. The van der Waals surface area contributed by atoms with Gasteiger partial charge in [-0.15, -0.1) is 22.7 Å². The predicted octanol–water partition coefficient (Wildman–Crippen LogP) is 4.54. The number of aryl methyl sites for hydroxylation is 2. The topological polar surface area (TPSA) is 37.8 Å². The normalized spacial score (nSPS) is 12.8. The van der Waals surface area contributed by atoms with Gasteiger partial charge < -0.3 is 5.32 Å². The first-order chi connectivity index (χ1) is 9.16. The summed E-state index contributed by atoms with van der Waals surface area (Å²) in [5, 5.41) is 6.77. The van der Waals surface area contributed by atoms with Crippen molar-refractivity contribution < 1.29 is 0 Å². The molecule has 0 aliphatic rings. The molecule has 0 saturated carbocycles. The van der Waals surface area contributed by atoms with Gasteiger partial charge in [-0.1, -0.05) is 6.07 Å². The smallest absolute Gasteiger partial charge is 0.138 e. The Balaban J connectivity index is 2.01. The average molecular weight is 289 g/mol. The van der Waals surface area contributed by atoms with Crippen LogP contribution in [0.15, 0.2) is 23.8 Å². The van der Waals surface area contributed by atoms with Gasteiger partial charge in [0.05, 0.1) is 11.4 Å². The quantitative estimate of drug-likeness (QED) is 0.769. The van der Waals surface area contributed by atoms with Gasteiger partial charge in [0.15, 0.2) is 0 Å². The van der Waals surface area contributed by atoms with Gasteiger partial charge in [-0.3, -0.25) is 0 Å². The Kier molecular flexibility index (Phi) is 3.24. The van der Waals surface area contributed by atoms with E-state index in [1.807, 2.05) is 0 Å². The SMILES string of the molecule is Cc1sc2ncnc(NC(C)c3cccs3)c2c1C. The fraction of sp³-hybridized carbons (Fsp3) is 0.286. The van der Waals surface area contributed by atoms with Crippen molar-refractivity contribution in [3.05, 3.63) is 39.2 Å². The van der Waals surface area contributed by atoms with Crippen molar-refractivity contribution in [3.63, 3.8) is 0 Å². The molecular weight excluding hydrogens is 274 g/mol. The molecule has 0 bridgehead atoms. The van der Waals surface area contributed by atoms with E-state index in [1.54, 1.807) is 29.0 Å². The van der Waals surface area contributed by atoms with Gasteiger partial charge >= 0.3 is 0 Å². The van der Waals surface area contributed by atoms with Gasteiger partial charge in [0, 0.05) is 9.75 Å². The predicted molar refractivity (Wildman–Crippen MR) is 83.2 cm³/mol. The van der Waals surface area contributed by atoms with E-state index in [4.69, 9.17) is 0 Å². The summed E-state index contributed by atoms with van der Waals surface area (Å²) in [7, 11) is 0. The maximum Gasteiger partial charge on any atom is 0.138 e. The highest BCUT2D eigenvalue weighted by molar-refractivity contribution is 7.18. The van der Waals surface area contributed by atoms with Crippen LogP contribution in [0.2, 0.25) is 0 Å². The number of thiophene rings is 2. The van der Waals surface area contributed by atoms with Crippen LogP contribution in [0.3, 0.4) is 0 Å². The van der Waals surface area contributed by atoms with Crippen molar-refractivity contribution in [2.24, 2.45) is 0 Å². The van der Waals surface area contributed by atoms with E-state index in [1.165, 1.54) is 15.3 Å². The number of anilines is 1. The Bertz CT molecular complexity index is 701. The first-order valence-electron chi connectivity index (χ1n) is 6.17. The van der Waals surface area contributed by atoms with Crippen LogP contribution < -0.4 is 5.32 Å². The van der Waals surface area contributed by atoms with Gasteiger partial charge in [-0.25, -0.2) is 9.97 Å². The first kappa shape index (κ1) is 12.6. The summed E-state index contributed by atoms with van der Waals surface area (Å²) in [6, 6.07) is 4.48. The molecule has 19 heavy (non-hydrogen) atoms.